The van der Waals surface area contributed by atoms with Crippen molar-refractivity contribution >= 4 is 16.8 Å². The summed E-state index contributed by atoms with van der Waals surface area (Å²) in [7, 11) is 0. The van der Waals surface area contributed by atoms with E-state index >= 15 is 0 Å². The molecule has 0 aliphatic carbocycles. The summed E-state index contributed by atoms with van der Waals surface area (Å²) in [5.74, 6) is 1.64. The number of carbonyl (C=O) groups excluding carboxylic acids is 1. The van der Waals surface area contributed by atoms with Crippen LogP contribution in [0.3, 0.4) is 0 Å². The molecule has 3 heteroatoms. The summed E-state index contributed by atoms with van der Waals surface area (Å²) in [5, 5.41) is -0.202. The minimum Gasteiger partial charge on any atom is -0.292 e. The highest BCUT2D eigenvalue weighted by molar-refractivity contribution is 6.64. The van der Waals surface area contributed by atoms with Crippen LogP contribution in [0.5, 0.6) is 0 Å². The van der Waals surface area contributed by atoms with Crippen LogP contribution in [-0.2, 0) is 4.79 Å². The quantitative estimate of drug-likeness (QED) is 0.697. The second-order valence-electron chi connectivity index (χ2n) is 5.39. The predicted octanol–water partition coefficient (Wildman–Crippen LogP) is 2.75. The molecule has 3 unspecified atom stereocenters. The first-order chi connectivity index (χ1) is 6.91. The van der Waals surface area contributed by atoms with E-state index in [4.69, 9.17) is 11.6 Å². The number of nitrogens with zero attached hydrogens (tertiary/aromatic N) is 1. The molecule has 15 heavy (non-hydrogen) atoms. The maximum atomic E-state index is 11.4. The van der Waals surface area contributed by atoms with Crippen LogP contribution in [0.1, 0.15) is 34.1 Å². The lowest BCUT2D eigenvalue weighted by Gasteiger charge is -2.40. The van der Waals surface area contributed by atoms with Gasteiger partial charge in [-0.25, -0.2) is 0 Å². The van der Waals surface area contributed by atoms with Crippen molar-refractivity contribution in [3.63, 3.8) is 0 Å². The molecule has 3 atom stereocenters. The molecule has 1 fully saturated rings. The Morgan fingerprint density at radius 1 is 1.27 bits per heavy atom. The summed E-state index contributed by atoms with van der Waals surface area (Å²) < 4.78 is 0. The molecule has 0 N–H and O–H groups in total. The van der Waals surface area contributed by atoms with Gasteiger partial charge in [0.15, 0.2) is 0 Å². The highest BCUT2D eigenvalue weighted by Crippen LogP contribution is 2.25. The molecule has 0 spiro atoms. The normalized spacial score (nSPS) is 30.5. The van der Waals surface area contributed by atoms with Gasteiger partial charge in [-0.1, -0.05) is 27.7 Å². The number of carbonyl (C=O) groups is 1. The van der Waals surface area contributed by atoms with Crippen molar-refractivity contribution in [2.45, 2.75) is 40.2 Å². The summed E-state index contributed by atoms with van der Waals surface area (Å²) in [4.78, 5) is 13.7. The van der Waals surface area contributed by atoms with Crippen LogP contribution in [0, 0.1) is 17.8 Å². The molecular formula is C12H22ClNO. The first-order valence-corrected chi connectivity index (χ1v) is 6.23. The summed E-state index contributed by atoms with van der Waals surface area (Å²) in [6.07, 6.45) is 1.26. The zero-order valence-electron chi connectivity index (χ0n) is 10.2. The van der Waals surface area contributed by atoms with Gasteiger partial charge < -0.3 is 0 Å². The fraction of sp³-hybridized carbons (Fsp3) is 0.917. The third kappa shape index (κ3) is 3.46. The van der Waals surface area contributed by atoms with Crippen molar-refractivity contribution in [1.82, 2.24) is 4.90 Å². The molecule has 1 heterocycles. The number of halogens is 1. The van der Waals surface area contributed by atoms with E-state index in [-0.39, 0.29) is 11.3 Å². The SMILES string of the molecule is CC1CC(C)CN(C(C(=O)Cl)C(C)C)C1. The Kier molecular flexibility index (Phi) is 4.60. The van der Waals surface area contributed by atoms with Gasteiger partial charge in [-0.2, -0.15) is 0 Å². The van der Waals surface area contributed by atoms with E-state index in [9.17, 15) is 4.79 Å². The third-order valence-corrected chi connectivity index (χ3v) is 3.38. The molecule has 1 aliphatic rings. The Morgan fingerprint density at radius 2 is 1.73 bits per heavy atom. The van der Waals surface area contributed by atoms with Crippen molar-refractivity contribution in [3.8, 4) is 0 Å². The van der Waals surface area contributed by atoms with E-state index < -0.39 is 0 Å². The number of hydrogen-bond donors (Lipinski definition) is 0. The topological polar surface area (TPSA) is 20.3 Å². The molecular weight excluding hydrogens is 210 g/mol. The van der Waals surface area contributed by atoms with Crippen LogP contribution < -0.4 is 0 Å². The lowest BCUT2D eigenvalue weighted by atomic mass is 9.89. The zero-order valence-corrected chi connectivity index (χ0v) is 10.9. The smallest absolute Gasteiger partial charge is 0.239 e. The number of piperidine rings is 1. The second kappa shape index (κ2) is 5.31. The third-order valence-electron chi connectivity index (χ3n) is 3.15. The number of hydrogen-bond acceptors (Lipinski definition) is 2. The summed E-state index contributed by atoms with van der Waals surface area (Å²) in [6, 6.07) is -0.100. The minimum atomic E-state index is -0.202. The van der Waals surface area contributed by atoms with Crippen LogP contribution in [-0.4, -0.2) is 29.3 Å². The zero-order chi connectivity index (χ0) is 11.6. The average Bonchev–Trinajstić information content (AvgIpc) is 1.99. The minimum absolute atomic E-state index is 0.100. The molecule has 0 saturated carbocycles. The maximum Gasteiger partial charge on any atom is 0.239 e. The lowest BCUT2D eigenvalue weighted by Crippen LogP contribution is -2.49. The van der Waals surface area contributed by atoms with Gasteiger partial charge in [0.1, 0.15) is 0 Å². The fourth-order valence-electron chi connectivity index (χ4n) is 2.77. The molecule has 88 valence electrons. The van der Waals surface area contributed by atoms with Crippen molar-refractivity contribution in [2.75, 3.05) is 13.1 Å². The van der Waals surface area contributed by atoms with Gasteiger partial charge >= 0.3 is 0 Å². The molecule has 0 aromatic heterocycles. The van der Waals surface area contributed by atoms with E-state index in [1.807, 2.05) is 0 Å². The summed E-state index contributed by atoms with van der Waals surface area (Å²) >= 11 is 5.69. The molecule has 0 aromatic carbocycles. The highest BCUT2D eigenvalue weighted by Gasteiger charge is 2.32. The fourth-order valence-corrected chi connectivity index (χ4v) is 3.16. The monoisotopic (exact) mass is 231 g/mol. The van der Waals surface area contributed by atoms with Crippen molar-refractivity contribution in [2.24, 2.45) is 17.8 Å². The second-order valence-corrected chi connectivity index (χ2v) is 5.77. The van der Waals surface area contributed by atoms with Gasteiger partial charge in [-0.05, 0) is 35.8 Å². The van der Waals surface area contributed by atoms with E-state index in [0.29, 0.717) is 17.8 Å². The molecule has 1 rings (SSSR count). The lowest BCUT2D eigenvalue weighted by molar-refractivity contribution is -0.119. The molecule has 1 saturated heterocycles. The van der Waals surface area contributed by atoms with E-state index in [0.717, 1.165) is 13.1 Å². The van der Waals surface area contributed by atoms with Crippen LogP contribution >= 0.6 is 11.6 Å². The van der Waals surface area contributed by atoms with Crippen LogP contribution in [0.25, 0.3) is 0 Å². The Bertz CT molecular complexity index is 220. The first kappa shape index (κ1) is 13.0. The first-order valence-electron chi connectivity index (χ1n) is 5.85. The predicted molar refractivity (Wildman–Crippen MR) is 64.0 cm³/mol. The number of likely N-dealkylation sites (tertiary alicyclic amines) is 1. The van der Waals surface area contributed by atoms with Crippen LogP contribution in [0.2, 0.25) is 0 Å². The van der Waals surface area contributed by atoms with E-state index in [1.54, 1.807) is 0 Å². The molecule has 0 bridgehead atoms. The Labute approximate surface area is 98.0 Å². The Morgan fingerprint density at radius 3 is 2.07 bits per heavy atom. The van der Waals surface area contributed by atoms with Gasteiger partial charge in [0.25, 0.3) is 0 Å². The molecule has 0 amide bonds. The van der Waals surface area contributed by atoms with Crippen LogP contribution in [0.4, 0.5) is 0 Å². The maximum absolute atomic E-state index is 11.4. The molecule has 0 radical (unpaired) electrons. The van der Waals surface area contributed by atoms with Gasteiger partial charge in [0.05, 0.1) is 6.04 Å². The molecule has 2 nitrogen and oxygen atoms in total. The standard InChI is InChI=1S/C12H22ClNO/c1-8(2)11(12(13)15)14-6-9(3)5-10(4)7-14/h8-11H,5-7H2,1-4H3. The largest absolute Gasteiger partial charge is 0.292 e. The van der Waals surface area contributed by atoms with Gasteiger partial charge in [0.2, 0.25) is 5.24 Å². The van der Waals surface area contributed by atoms with Gasteiger partial charge in [-0.15, -0.1) is 0 Å². The average molecular weight is 232 g/mol. The van der Waals surface area contributed by atoms with Gasteiger partial charge in [-0.3, -0.25) is 9.69 Å². The van der Waals surface area contributed by atoms with Crippen molar-refractivity contribution in [3.05, 3.63) is 0 Å². The van der Waals surface area contributed by atoms with Crippen molar-refractivity contribution < 1.29 is 4.79 Å². The van der Waals surface area contributed by atoms with E-state index in [1.165, 1.54) is 6.42 Å². The van der Waals surface area contributed by atoms with Crippen LogP contribution in [0.15, 0.2) is 0 Å². The highest BCUT2D eigenvalue weighted by atomic mass is 35.5. The summed E-state index contributed by atoms with van der Waals surface area (Å²) in [6.45, 7) is 10.6. The van der Waals surface area contributed by atoms with Gasteiger partial charge in [0, 0.05) is 13.1 Å². The Hall–Kier alpha value is -0.0800. The Balaban J connectivity index is 2.70. The summed E-state index contributed by atoms with van der Waals surface area (Å²) in [5.41, 5.74) is 0. The molecule has 1 aliphatic heterocycles. The van der Waals surface area contributed by atoms with Crippen molar-refractivity contribution in [1.29, 1.82) is 0 Å². The number of rotatable bonds is 3. The molecule has 0 aromatic rings. The van der Waals surface area contributed by atoms with E-state index in [2.05, 4.69) is 32.6 Å².